The standard InChI is InChI=1S/C28H29N9O/c1-36-19-23(18-34-36)22-16-31-27(32-17-22)37(28(38)33-14-20-5-3-2-4-6-20)25-10-8-24(9-11-25)35-26-12-7-21(13-29)15-30-26/h2-7,12,15-19,24-25H,8-11,14H2,1H3,(H,30,35)(H,33,38). The summed E-state index contributed by atoms with van der Waals surface area (Å²) in [6.07, 6.45) is 12.0. The number of nitrogens with zero attached hydrogens (tertiary/aromatic N) is 7. The number of nitrogens with one attached hydrogen (secondary N) is 2. The summed E-state index contributed by atoms with van der Waals surface area (Å²) in [6, 6.07) is 15.5. The average molecular weight is 508 g/mol. The number of rotatable bonds is 7. The van der Waals surface area contributed by atoms with Crippen LogP contribution in [0.15, 0.2) is 73.4 Å². The molecule has 0 aliphatic heterocycles. The van der Waals surface area contributed by atoms with Crippen LogP contribution in [0.4, 0.5) is 16.6 Å². The lowest BCUT2D eigenvalue weighted by atomic mass is 9.90. The Balaban J connectivity index is 1.29. The van der Waals surface area contributed by atoms with Crippen LogP contribution in [0.3, 0.4) is 0 Å². The van der Waals surface area contributed by atoms with E-state index in [1.165, 1.54) is 0 Å². The van der Waals surface area contributed by atoms with Gasteiger partial charge >= 0.3 is 6.03 Å². The van der Waals surface area contributed by atoms with Crippen LogP contribution in [-0.2, 0) is 13.6 Å². The third-order valence-corrected chi connectivity index (χ3v) is 6.70. The first-order valence-electron chi connectivity index (χ1n) is 12.6. The van der Waals surface area contributed by atoms with Crippen molar-refractivity contribution in [3.63, 3.8) is 0 Å². The maximum atomic E-state index is 13.5. The zero-order valence-electron chi connectivity index (χ0n) is 21.2. The minimum Gasteiger partial charge on any atom is -0.367 e. The van der Waals surface area contributed by atoms with E-state index in [2.05, 4.69) is 36.8 Å². The summed E-state index contributed by atoms with van der Waals surface area (Å²) in [7, 11) is 1.86. The number of pyridine rings is 1. The molecule has 38 heavy (non-hydrogen) atoms. The first-order valence-corrected chi connectivity index (χ1v) is 12.6. The van der Waals surface area contributed by atoms with E-state index < -0.39 is 0 Å². The van der Waals surface area contributed by atoms with Gasteiger partial charge in [0.15, 0.2) is 0 Å². The summed E-state index contributed by atoms with van der Waals surface area (Å²) < 4.78 is 1.73. The quantitative estimate of drug-likeness (QED) is 0.382. The van der Waals surface area contributed by atoms with E-state index in [0.29, 0.717) is 18.1 Å². The van der Waals surface area contributed by atoms with E-state index in [1.807, 2.05) is 49.6 Å². The predicted molar refractivity (Wildman–Crippen MR) is 144 cm³/mol. The van der Waals surface area contributed by atoms with Gasteiger partial charge in [-0.25, -0.2) is 19.7 Å². The van der Waals surface area contributed by atoms with E-state index in [1.54, 1.807) is 40.4 Å². The molecule has 10 nitrogen and oxygen atoms in total. The normalized spacial score (nSPS) is 16.8. The number of hydrogen-bond donors (Lipinski definition) is 2. The van der Waals surface area contributed by atoms with Gasteiger partial charge in [0, 0.05) is 61.6 Å². The van der Waals surface area contributed by atoms with Gasteiger partial charge in [0.1, 0.15) is 11.9 Å². The molecule has 0 saturated heterocycles. The second-order valence-corrected chi connectivity index (χ2v) is 9.38. The molecule has 0 bridgehead atoms. The molecule has 192 valence electrons. The Morgan fingerprint density at radius 2 is 1.76 bits per heavy atom. The van der Waals surface area contributed by atoms with Crippen LogP contribution < -0.4 is 15.5 Å². The van der Waals surface area contributed by atoms with Crippen molar-refractivity contribution in [2.75, 3.05) is 10.2 Å². The zero-order valence-corrected chi connectivity index (χ0v) is 21.2. The van der Waals surface area contributed by atoms with Crippen LogP contribution in [-0.4, -0.2) is 42.8 Å². The summed E-state index contributed by atoms with van der Waals surface area (Å²) in [5, 5.41) is 19.7. The summed E-state index contributed by atoms with van der Waals surface area (Å²) in [5.74, 6) is 1.13. The van der Waals surface area contributed by atoms with Crippen molar-refractivity contribution in [1.82, 2.24) is 30.0 Å². The van der Waals surface area contributed by atoms with E-state index >= 15 is 0 Å². The molecule has 0 radical (unpaired) electrons. The Morgan fingerprint density at radius 1 is 1.00 bits per heavy atom. The fourth-order valence-corrected chi connectivity index (χ4v) is 4.68. The number of carbonyl (C=O) groups excluding carboxylic acids is 1. The molecular weight excluding hydrogens is 478 g/mol. The molecule has 1 aliphatic rings. The van der Waals surface area contributed by atoms with Crippen molar-refractivity contribution in [1.29, 1.82) is 5.26 Å². The number of aryl methyl sites for hydroxylation is 1. The molecule has 1 aliphatic carbocycles. The van der Waals surface area contributed by atoms with Gasteiger partial charge in [0.2, 0.25) is 5.95 Å². The highest BCUT2D eigenvalue weighted by Gasteiger charge is 2.32. The molecule has 0 spiro atoms. The second-order valence-electron chi connectivity index (χ2n) is 9.38. The van der Waals surface area contributed by atoms with Crippen LogP contribution in [0.25, 0.3) is 11.1 Å². The minimum absolute atomic E-state index is 0.0398. The molecule has 5 rings (SSSR count). The Hall–Kier alpha value is -4.78. The van der Waals surface area contributed by atoms with Gasteiger partial charge in [-0.1, -0.05) is 30.3 Å². The molecule has 10 heteroatoms. The number of hydrogen-bond acceptors (Lipinski definition) is 7. The first-order chi connectivity index (χ1) is 18.6. The number of nitriles is 1. The molecular formula is C28H29N9O. The fourth-order valence-electron chi connectivity index (χ4n) is 4.68. The van der Waals surface area contributed by atoms with Crippen molar-refractivity contribution in [2.24, 2.45) is 7.05 Å². The molecule has 1 fully saturated rings. The van der Waals surface area contributed by atoms with Gasteiger partial charge in [-0.2, -0.15) is 10.4 Å². The van der Waals surface area contributed by atoms with Gasteiger partial charge in [0.25, 0.3) is 0 Å². The average Bonchev–Trinajstić information content (AvgIpc) is 3.40. The van der Waals surface area contributed by atoms with E-state index in [-0.39, 0.29) is 18.1 Å². The molecule has 0 atom stereocenters. The van der Waals surface area contributed by atoms with Crippen LogP contribution in [0, 0.1) is 11.3 Å². The van der Waals surface area contributed by atoms with Gasteiger partial charge < -0.3 is 10.6 Å². The van der Waals surface area contributed by atoms with E-state index in [4.69, 9.17) is 5.26 Å². The number of benzene rings is 1. The number of urea groups is 1. The lowest BCUT2D eigenvalue weighted by Gasteiger charge is -2.36. The SMILES string of the molecule is Cn1cc(-c2cnc(N(C(=O)NCc3ccccc3)C3CCC(Nc4ccc(C#N)cn4)CC3)nc2)cn1. The monoisotopic (exact) mass is 507 g/mol. The number of carbonyl (C=O) groups is 1. The zero-order chi connectivity index (χ0) is 26.3. The topological polar surface area (TPSA) is 125 Å². The van der Waals surface area contributed by atoms with Gasteiger partial charge in [-0.3, -0.25) is 9.58 Å². The van der Waals surface area contributed by atoms with Crippen LogP contribution >= 0.6 is 0 Å². The molecule has 2 N–H and O–H groups in total. The molecule has 3 aromatic heterocycles. The van der Waals surface area contributed by atoms with Crippen LogP contribution in [0.5, 0.6) is 0 Å². The van der Waals surface area contributed by atoms with Gasteiger partial charge in [0.05, 0.1) is 11.8 Å². The summed E-state index contributed by atoms with van der Waals surface area (Å²) in [6.45, 7) is 0.422. The Morgan fingerprint density at radius 3 is 2.39 bits per heavy atom. The molecule has 0 unspecified atom stereocenters. The highest BCUT2D eigenvalue weighted by Crippen LogP contribution is 2.28. The highest BCUT2D eigenvalue weighted by atomic mass is 16.2. The first kappa shape index (κ1) is 24.9. The summed E-state index contributed by atoms with van der Waals surface area (Å²) >= 11 is 0. The van der Waals surface area contributed by atoms with Crippen LogP contribution in [0.1, 0.15) is 36.8 Å². The highest BCUT2D eigenvalue weighted by molar-refractivity contribution is 5.90. The molecule has 3 heterocycles. The molecule has 2 amide bonds. The van der Waals surface area contributed by atoms with Crippen LogP contribution in [0.2, 0.25) is 0 Å². The maximum absolute atomic E-state index is 13.5. The third-order valence-electron chi connectivity index (χ3n) is 6.70. The van der Waals surface area contributed by atoms with Crippen molar-refractivity contribution in [3.8, 4) is 17.2 Å². The number of amides is 2. The van der Waals surface area contributed by atoms with E-state index in [0.717, 1.165) is 48.2 Å². The molecule has 1 saturated carbocycles. The number of anilines is 2. The number of aromatic nitrogens is 5. The van der Waals surface area contributed by atoms with Gasteiger partial charge in [-0.15, -0.1) is 0 Å². The van der Waals surface area contributed by atoms with Gasteiger partial charge in [-0.05, 0) is 43.4 Å². The minimum atomic E-state index is -0.215. The van der Waals surface area contributed by atoms with Crippen molar-refractivity contribution in [3.05, 3.63) is 84.6 Å². The smallest absolute Gasteiger partial charge is 0.324 e. The Labute approximate surface area is 221 Å². The lowest BCUT2D eigenvalue weighted by Crippen LogP contribution is -2.49. The van der Waals surface area contributed by atoms with Crippen molar-refractivity contribution >= 4 is 17.8 Å². The Bertz CT molecular complexity index is 1390. The fraction of sp³-hybridized carbons (Fsp3) is 0.286. The largest absolute Gasteiger partial charge is 0.367 e. The molecule has 1 aromatic carbocycles. The summed E-state index contributed by atoms with van der Waals surface area (Å²) in [4.78, 5) is 28.7. The van der Waals surface area contributed by atoms with Crippen molar-refractivity contribution in [2.45, 2.75) is 44.3 Å². The second kappa shape index (κ2) is 11.5. The van der Waals surface area contributed by atoms with Crippen molar-refractivity contribution < 1.29 is 4.79 Å². The third kappa shape index (κ3) is 5.95. The summed E-state index contributed by atoms with van der Waals surface area (Å²) in [5.41, 5.74) is 3.32. The van der Waals surface area contributed by atoms with E-state index in [9.17, 15) is 4.79 Å². The molecule has 4 aromatic rings. The Kier molecular flexibility index (Phi) is 7.54. The predicted octanol–water partition coefficient (Wildman–Crippen LogP) is 4.28. The maximum Gasteiger partial charge on any atom is 0.324 e. The lowest BCUT2D eigenvalue weighted by molar-refractivity contribution is 0.240.